The van der Waals surface area contributed by atoms with E-state index in [4.69, 9.17) is 9.47 Å². The second-order valence-corrected chi connectivity index (χ2v) is 6.31. The summed E-state index contributed by atoms with van der Waals surface area (Å²) in [6.45, 7) is -0.305. The van der Waals surface area contributed by atoms with Gasteiger partial charge in [0, 0.05) is 17.3 Å². The molecule has 0 atom stereocenters. The van der Waals surface area contributed by atoms with Gasteiger partial charge in [-0.05, 0) is 48.5 Å². The number of carbonyl (C=O) groups excluding carboxylic acids is 2. The average molecular weight is 421 g/mol. The van der Waals surface area contributed by atoms with Crippen molar-refractivity contribution in [3.05, 3.63) is 88.5 Å². The molecule has 3 aromatic carbocycles. The molecule has 2 N–H and O–H groups in total. The third-order valence-electron chi connectivity index (χ3n) is 4.16. The van der Waals surface area contributed by atoms with Gasteiger partial charge in [-0.2, -0.15) is 0 Å². The zero-order chi connectivity index (χ0) is 22.2. The Hall–Kier alpha value is -4.40. The van der Waals surface area contributed by atoms with Crippen molar-refractivity contribution in [2.75, 3.05) is 19.0 Å². The second-order valence-electron chi connectivity index (χ2n) is 6.31. The number of anilines is 1. The van der Waals surface area contributed by atoms with Crippen LogP contribution in [0.1, 0.15) is 10.4 Å². The van der Waals surface area contributed by atoms with E-state index in [1.54, 1.807) is 24.3 Å². The standard InChI is InChI=1S/C22H19N3O6/c1-30-20-12-7-15(13-19(20)25(28)29)22(27)23-14-21(26)24-16-8-10-18(11-9-16)31-17-5-3-2-4-6-17/h2-13H,14H2,1H3,(H,23,27)(H,24,26). The number of amides is 2. The fraction of sp³-hybridized carbons (Fsp3) is 0.0909. The summed E-state index contributed by atoms with van der Waals surface area (Å²) in [7, 11) is 1.30. The fourth-order valence-corrected chi connectivity index (χ4v) is 2.67. The van der Waals surface area contributed by atoms with E-state index in [1.165, 1.54) is 19.2 Å². The maximum Gasteiger partial charge on any atom is 0.311 e. The first-order valence-corrected chi connectivity index (χ1v) is 9.19. The normalized spacial score (nSPS) is 10.1. The van der Waals surface area contributed by atoms with Crippen LogP contribution in [0.2, 0.25) is 0 Å². The van der Waals surface area contributed by atoms with E-state index in [1.807, 2.05) is 30.3 Å². The second kappa shape index (κ2) is 9.88. The monoisotopic (exact) mass is 421 g/mol. The van der Waals surface area contributed by atoms with Crippen molar-refractivity contribution in [3.63, 3.8) is 0 Å². The van der Waals surface area contributed by atoms with Crippen LogP contribution in [0.4, 0.5) is 11.4 Å². The molecule has 158 valence electrons. The van der Waals surface area contributed by atoms with Crippen LogP contribution in [-0.2, 0) is 4.79 Å². The molecule has 3 rings (SSSR count). The summed E-state index contributed by atoms with van der Waals surface area (Å²) in [5, 5.41) is 16.1. The van der Waals surface area contributed by atoms with Gasteiger partial charge in [0.05, 0.1) is 18.6 Å². The van der Waals surface area contributed by atoms with Crippen LogP contribution < -0.4 is 20.1 Å². The molecule has 2 amide bonds. The van der Waals surface area contributed by atoms with Crippen LogP contribution >= 0.6 is 0 Å². The maximum atomic E-state index is 12.2. The van der Waals surface area contributed by atoms with Gasteiger partial charge in [0.15, 0.2) is 5.75 Å². The molecule has 3 aromatic rings. The minimum absolute atomic E-state index is 0.0407. The highest BCUT2D eigenvalue weighted by Crippen LogP contribution is 2.27. The van der Waals surface area contributed by atoms with Gasteiger partial charge in [-0.3, -0.25) is 19.7 Å². The van der Waals surface area contributed by atoms with Crippen molar-refractivity contribution in [1.29, 1.82) is 0 Å². The predicted octanol–water partition coefficient (Wildman–Crippen LogP) is 3.76. The summed E-state index contributed by atoms with van der Waals surface area (Å²) in [5.74, 6) is 0.277. The highest BCUT2D eigenvalue weighted by atomic mass is 16.6. The molecular weight excluding hydrogens is 402 g/mol. The number of nitro benzene ring substituents is 1. The zero-order valence-corrected chi connectivity index (χ0v) is 16.5. The van der Waals surface area contributed by atoms with Crippen LogP contribution in [0.5, 0.6) is 17.2 Å². The van der Waals surface area contributed by atoms with E-state index < -0.39 is 16.7 Å². The Morgan fingerprint density at radius 2 is 1.65 bits per heavy atom. The topological polar surface area (TPSA) is 120 Å². The SMILES string of the molecule is COc1ccc(C(=O)NCC(=O)Nc2ccc(Oc3ccccc3)cc2)cc1[N+](=O)[O-]. The molecule has 31 heavy (non-hydrogen) atoms. The smallest absolute Gasteiger partial charge is 0.311 e. The van der Waals surface area contributed by atoms with Crippen molar-refractivity contribution in [2.24, 2.45) is 0 Å². The Kier molecular flexibility index (Phi) is 6.79. The lowest BCUT2D eigenvalue weighted by Gasteiger charge is -2.09. The summed E-state index contributed by atoms with van der Waals surface area (Å²) in [6.07, 6.45) is 0. The molecule has 0 unspecified atom stereocenters. The van der Waals surface area contributed by atoms with Gasteiger partial charge in [-0.1, -0.05) is 18.2 Å². The minimum Gasteiger partial charge on any atom is -0.490 e. The van der Waals surface area contributed by atoms with Crippen molar-refractivity contribution >= 4 is 23.2 Å². The lowest BCUT2D eigenvalue weighted by atomic mass is 10.1. The van der Waals surface area contributed by atoms with Crippen LogP contribution in [0.3, 0.4) is 0 Å². The molecule has 0 aliphatic carbocycles. The highest BCUT2D eigenvalue weighted by Gasteiger charge is 2.18. The molecule has 9 nitrogen and oxygen atoms in total. The number of carbonyl (C=O) groups is 2. The predicted molar refractivity (Wildman–Crippen MR) is 114 cm³/mol. The van der Waals surface area contributed by atoms with Gasteiger partial charge >= 0.3 is 5.69 Å². The summed E-state index contributed by atoms with van der Waals surface area (Å²) in [4.78, 5) is 34.8. The van der Waals surface area contributed by atoms with Crippen molar-refractivity contribution in [1.82, 2.24) is 5.32 Å². The molecule has 0 spiro atoms. The first-order chi connectivity index (χ1) is 15.0. The van der Waals surface area contributed by atoms with Crippen LogP contribution in [0.15, 0.2) is 72.8 Å². The lowest BCUT2D eigenvalue weighted by molar-refractivity contribution is -0.385. The van der Waals surface area contributed by atoms with Crippen molar-refractivity contribution in [2.45, 2.75) is 0 Å². The molecule has 9 heteroatoms. The number of nitrogens with one attached hydrogen (secondary N) is 2. The molecule has 0 radical (unpaired) electrons. The number of nitro groups is 1. The largest absolute Gasteiger partial charge is 0.490 e. The number of ether oxygens (including phenoxy) is 2. The van der Waals surface area contributed by atoms with Crippen LogP contribution in [-0.4, -0.2) is 30.4 Å². The Labute approximate surface area is 177 Å². The lowest BCUT2D eigenvalue weighted by Crippen LogP contribution is -2.32. The number of benzene rings is 3. The first kappa shape index (κ1) is 21.3. The van der Waals surface area contributed by atoms with Crippen LogP contribution in [0.25, 0.3) is 0 Å². The van der Waals surface area contributed by atoms with Gasteiger partial charge in [-0.25, -0.2) is 0 Å². The fourth-order valence-electron chi connectivity index (χ4n) is 2.67. The maximum absolute atomic E-state index is 12.2. The number of rotatable bonds is 8. The van der Waals surface area contributed by atoms with Gasteiger partial charge in [-0.15, -0.1) is 0 Å². The van der Waals surface area contributed by atoms with E-state index in [-0.39, 0.29) is 23.5 Å². The summed E-state index contributed by atoms with van der Waals surface area (Å²) < 4.78 is 10.6. The van der Waals surface area contributed by atoms with Gasteiger partial charge in [0.2, 0.25) is 5.91 Å². The molecule has 0 saturated carbocycles. The Morgan fingerprint density at radius 1 is 0.968 bits per heavy atom. The van der Waals surface area contributed by atoms with Gasteiger partial charge in [0.1, 0.15) is 11.5 Å². The quantitative estimate of drug-likeness (QED) is 0.422. The molecule has 0 heterocycles. The minimum atomic E-state index is -0.645. The number of methoxy groups -OCH3 is 1. The van der Waals surface area contributed by atoms with E-state index >= 15 is 0 Å². The molecule has 0 saturated heterocycles. The molecule has 0 aromatic heterocycles. The third-order valence-corrected chi connectivity index (χ3v) is 4.16. The Bertz CT molecular complexity index is 1080. The van der Waals surface area contributed by atoms with Gasteiger partial charge in [0.25, 0.3) is 5.91 Å². The van der Waals surface area contributed by atoms with Crippen molar-refractivity contribution in [3.8, 4) is 17.2 Å². The molecule has 0 aliphatic rings. The van der Waals surface area contributed by atoms with E-state index in [0.717, 1.165) is 6.07 Å². The third kappa shape index (κ3) is 5.80. The number of nitrogens with zero attached hydrogens (tertiary/aromatic N) is 1. The van der Waals surface area contributed by atoms with Crippen molar-refractivity contribution < 1.29 is 24.0 Å². The molecule has 0 fully saturated rings. The molecule has 0 aliphatic heterocycles. The zero-order valence-electron chi connectivity index (χ0n) is 16.5. The van der Waals surface area contributed by atoms with E-state index in [2.05, 4.69) is 10.6 Å². The summed E-state index contributed by atoms with van der Waals surface area (Å²) in [5.41, 5.74) is 0.236. The Balaban J connectivity index is 1.53. The number of para-hydroxylation sites is 1. The average Bonchev–Trinajstić information content (AvgIpc) is 2.79. The number of hydrogen-bond donors (Lipinski definition) is 2. The van der Waals surface area contributed by atoms with Crippen LogP contribution in [0, 0.1) is 10.1 Å². The van der Waals surface area contributed by atoms with E-state index in [0.29, 0.717) is 17.2 Å². The number of hydrogen-bond acceptors (Lipinski definition) is 6. The Morgan fingerprint density at radius 3 is 2.29 bits per heavy atom. The van der Waals surface area contributed by atoms with Gasteiger partial charge < -0.3 is 20.1 Å². The molecular formula is C22H19N3O6. The first-order valence-electron chi connectivity index (χ1n) is 9.19. The highest BCUT2D eigenvalue weighted by molar-refractivity contribution is 5.99. The summed E-state index contributed by atoms with van der Waals surface area (Å²) in [6, 6.07) is 19.8. The summed E-state index contributed by atoms with van der Waals surface area (Å²) >= 11 is 0. The molecule has 0 bridgehead atoms. The van der Waals surface area contributed by atoms with E-state index in [9.17, 15) is 19.7 Å².